The molecule has 0 amide bonds. The van der Waals surface area contributed by atoms with E-state index in [0.717, 1.165) is 43.5 Å². The number of nitrogens with one attached hydrogen (secondary N) is 1. The molecule has 1 aromatic rings. The van der Waals surface area contributed by atoms with Gasteiger partial charge in [-0.15, -0.1) is 0 Å². The first kappa shape index (κ1) is 17.0. The molecular weight excluding hydrogens is 264 g/mol. The highest BCUT2D eigenvalue weighted by molar-refractivity contribution is 5.66. The Balaban J connectivity index is 2.54. The number of carboxylic acids is 1. The summed E-state index contributed by atoms with van der Waals surface area (Å²) in [6.45, 7) is 4.87. The number of aliphatic carboxylic acids is 1. The van der Waals surface area contributed by atoms with Crippen LogP contribution in [0.2, 0.25) is 0 Å². The number of aryl methyl sites for hydroxylation is 1. The average Bonchev–Trinajstić information content (AvgIpc) is 2.46. The minimum atomic E-state index is -0.727. The fourth-order valence-electron chi connectivity index (χ4n) is 2.57. The number of hydrogen-bond acceptors (Lipinski definition) is 3. The first-order valence-corrected chi connectivity index (χ1v) is 7.53. The van der Waals surface area contributed by atoms with Crippen molar-refractivity contribution >= 4 is 11.7 Å². The van der Waals surface area contributed by atoms with Crippen LogP contribution in [0.1, 0.15) is 50.2 Å². The van der Waals surface area contributed by atoms with Crippen LogP contribution in [0, 0.1) is 24.2 Å². The second kappa shape index (κ2) is 9.02. The Bertz CT molecular complexity index is 506. The molecule has 4 nitrogen and oxygen atoms in total. The SMILES string of the molecule is CCCC(CCNc1c(C)cccc1C#N)CCC(=O)O. The molecule has 2 N–H and O–H groups in total. The molecule has 1 rings (SSSR count). The van der Waals surface area contributed by atoms with Gasteiger partial charge in [0.1, 0.15) is 6.07 Å². The Hall–Kier alpha value is -2.02. The van der Waals surface area contributed by atoms with Gasteiger partial charge in [0.15, 0.2) is 0 Å². The van der Waals surface area contributed by atoms with Crippen LogP contribution in [-0.2, 0) is 4.79 Å². The molecule has 0 aliphatic carbocycles. The van der Waals surface area contributed by atoms with Crippen LogP contribution in [0.4, 0.5) is 5.69 Å². The van der Waals surface area contributed by atoms with Gasteiger partial charge in [0, 0.05) is 13.0 Å². The van der Waals surface area contributed by atoms with Crippen LogP contribution in [0.5, 0.6) is 0 Å². The molecule has 0 saturated heterocycles. The van der Waals surface area contributed by atoms with E-state index in [2.05, 4.69) is 18.3 Å². The summed E-state index contributed by atoms with van der Waals surface area (Å²) in [5.74, 6) is -0.303. The van der Waals surface area contributed by atoms with E-state index < -0.39 is 5.97 Å². The van der Waals surface area contributed by atoms with Crippen LogP contribution in [-0.4, -0.2) is 17.6 Å². The van der Waals surface area contributed by atoms with Crippen molar-refractivity contribution in [3.63, 3.8) is 0 Å². The summed E-state index contributed by atoms with van der Waals surface area (Å²) in [6, 6.07) is 7.87. The van der Waals surface area contributed by atoms with Gasteiger partial charge in [-0.1, -0.05) is 31.9 Å². The minimum Gasteiger partial charge on any atom is -0.481 e. The molecular formula is C17H24N2O2. The van der Waals surface area contributed by atoms with Gasteiger partial charge in [0.25, 0.3) is 0 Å². The fraction of sp³-hybridized carbons (Fsp3) is 0.529. The van der Waals surface area contributed by atoms with Gasteiger partial charge >= 0.3 is 5.97 Å². The summed E-state index contributed by atoms with van der Waals surface area (Å²) >= 11 is 0. The van der Waals surface area contributed by atoms with Crippen molar-refractivity contribution in [3.8, 4) is 6.07 Å². The van der Waals surface area contributed by atoms with Gasteiger partial charge < -0.3 is 10.4 Å². The van der Waals surface area contributed by atoms with Crippen molar-refractivity contribution in [3.05, 3.63) is 29.3 Å². The highest BCUT2D eigenvalue weighted by Crippen LogP contribution is 2.22. The van der Waals surface area contributed by atoms with Gasteiger partial charge in [-0.3, -0.25) is 4.79 Å². The van der Waals surface area contributed by atoms with Crippen molar-refractivity contribution < 1.29 is 9.90 Å². The van der Waals surface area contributed by atoms with Crippen LogP contribution < -0.4 is 5.32 Å². The Morgan fingerprint density at radius 1 is 1.38 bits per heavy atom. The van der Waals surface area contributed by atoms with Crippen LogP contribution in [0.15, 0.2) is 18.2 Å². The van der Waals surface area contributed by atoms with Crippen molar-refractivity contribution in [2.24, 2.45) is 5.92 Å². The second-order valence-corrected chi connectivity index (χ2v) is 5.41. The van der Waals surface area contributed by atoms with Crippen LogP contribution >= 0.6 is 0 Å². The van der Waals surface area contributed by atoms with Gasteiger partial charge in [-0.05, 0) is 37.3 Å². The zero-order valence-corrected chi connectivity index (χ0v) is 12.9. The highest BCUT2D eigenvalue weighted by atomic mass is 16.4. The third-order valence-corrected chi connectivity index (χ3v) is 3.71. The van der Waals surface area contributed by atoms with E-state index in [1.165, 1.54) is 0 Å². The van der Waals surface area contributed by atoms with Crippen molar-refractivity contribution in [1.82, 2.24) is 0 Å². The number of rotatable bonds is 9. The number of benzene rings is 1. The second-order valence-electron chi connectivity index (χ2n) is 5.41. The highest BCUT2D eigenvalue weighted by Gasteiger charge is 2.11. The zero-order chi connectivity index (χ0) is 15.7. The van der Waals surface area contributed by atoms with E-state index in [-0.39, 0.29) is 6.42 Å². The Morgan fingerprint density at radius 2 is 2.14 bits per heavy atom. The third-order valence-electron chi connectivity index (χ3n) is 3.71. The lowest BCUT2D eigenvalue weighted by atomic mass is 9.94. The lowest BCUT2D eigenvalue weighted by Gasteiger charge is -2.17. The normalized spacial score (nSPS) is 11.7. The molecule has 0 heterocycles. The van der Waals surface area contributed by atoms with E-state index in [1.54, 1.807) is 0 Å². The molecule has 0 aliphatic heterocycles. The predicted molar refractivity (Wildman–Crippen MR) is 84.3 cm³/mol. The summed E-state index contributed by atoms with van der Waals surface area (Å²) in [5.41, 5.74) is 2.62. The number of hydrogen-bond donors (Lipinski definition) is 2. The lowest BCUT2D eigenvalue weighted by molar-refractivity contribution is -0.137. The molecule has 0 bridgehead atoms. The van der Waals surface area contributed by atoms with Gasteiger partial charge in [-0.2, -0.15) is 5.26 Å². The number of para-hydroxylation sites is 1. The van der Waals surface area contributed by atoms with Crippen LogP contribution in [0.3, 0.4) is 0 Å². The molecule has 0 radical (unpaired) electrons. The third kappa shape index (κ3) is 5.86. The number of carboxylic acid groups (broad SMARTS) is 1. The number of anilines is 1. The summed E-state index contributed by atoms with van der Waals surface area (Å²) in [5, 5.41) is 21.3. The van der Waals surface area contributed by atoms with E-state index >= 15 is 0 Å². The van der Waals surface area contributed by atoms with Crippen molar-refractivity contribution in [1.29, 1.82) is 5.26 Å². The van der Waals surface area contributed by atoms with Crippen LogP contribution in [0.25, 0.3) is 0 Å². The lowest BCUT2D eigenvalue weighted by Crippen LogP contribution is -2.12. The van der Waals surface area contributed by atoms with Gasteiger partial charge in [0.05, 0.1) is 11.3 Å². The molecule has 4 heteroatoms. The van der Waals surface area contributed by atoms with E-state index in [9.17, 15) is 4.79 Å². The molecule has 1 unspecified atom stereocenters. The topological polar surface area (TPSA) is 73.1 Å². The Labute approximate surface area is 126 Å². The average molecular weight is 288 g/mol. The summed E-state index contributed by atoms with van der Waals surface area (Å²) in [6.07, 6.45) is 4.01. The monoisotopic (exact) mass is 288 g/mol. The molecule has 0 aliphatic rings. The van der Waals surface area contributed by atoms with Crippen molar-refractivity contribution in [2.75, 3.05) is 11.9 Å². The first-order chi connectivity index (χ1) is 10.1. The first-order valence-electron chi connectivity index (χ1n) is 7.53. The fourth-order valence-corrected chi connectivity index (χ4v) is 2.57. The van der Waals surface area contributed by atoms with Crippen molar-refractivity contribution in [2.45, 2.75) is 46.0 Å². The quantitative estimate of drug-likeness (QED) is 0.721. The zero-order valence-electron chi connectivity index (χ0n) is 12.9. The maximum atomic E-state index is 10.7. The summed E-state index contributed by atoms with van der Waals surface area (Å²) in [4.78, 5) is 10.7. The maximum Gasteiger partial charge on any atom is 0.303 e. The van der Waals surface area contributed by atoms with E-state index in [0.29, 0.717) is 11.5 Å². The molecule has 0 aromatic heterocycles. The molecule has 1 atom stereocenters. The molecule has 0 saturated carbocycles. The molecule has 21 heavy (non-hydrogen) atoms. The maximum absolute atomic E-state index is 10.7. The molecule has 114 valence electrons. The van der Waals surface area contributed by atoms with E-state index in [1.807, 2.05) is 25.1 Å². The summed E-state index contributed by atoms with van der Waals surface area (Å²) < 4.78 is 0. The minimum absolute atomic E-state index is 0.235. The Kier molecular flexibility index (Phi) is 7.31. The molecule has 1 aromatic carbocycles. The largest absolute Gasteiger partial charge is 0.481 e. The standard InChI is InChI=1S/C17H24N2O2/c1-3-5-14(8-9-16(20)21)10-11-19-17-13(2)6-4-7-15(17)12-18/h4,6-7,14,19H,3,5,8-11H2,1-2H3,(H,20,21). The van der Waals surface area contributed by atoms with Gasteiger partial charge in [0.2, 0.25) is 0 Å². The molecule has 0 spiro atoms. The number of nitrogens with zero attached hydrogens (tertiary/aromatic N) is 1. The summed E-state index contributed by atoms with van der Waals surface area (Å²) in [7, 11) is 0. The smallest absolute Gasteiger partial charge is 0.303 e. The number of nitriles is 1. The predicted octanol–water partition coefficient (Wildman–Crippen LogP) is 3.95. The van der Waals surface area contributed by atoms with E-state index in [4.69, 9.17) is 10.4 Å². The Morgan fingerprint density at radius 3 is 2.76 bits per heavy atom. The molecule has 0 fully saturated rings. The number of carbonyl (C=O) groups is 1. The van der Waals surface area contributed by atoms with Gasteiger partial charge in [-0.25, -0.2) is 0 Å².